The molecule has 4 rings (SSSR count). The van der Waals surface area contributed by atoms with Crippen molar-refractivity contribution in [3.8, 4) is 0 Å². The van der Waals surface area contributed by atoms with Crippen LogP contribution >= 0.6 is 0 Å². The first-order valence-electron chi connectivity index (χ1n) is 8.82. The van der Waals surface area contributed by atoms with Gasteiger partial charge in [0.2, 0.25) is 0 Å². The highest BCUT2D eigenvalue weighted by Gasteiger charge is 2.30. The number of halogens is 1. The van der Waals surface area contributed by atoms with Gasteiger partial charge in [-0.25, -0.2) is 9.82 Å². The molecule has 3 aromatic rings. The fourth-order valence-corrected chi connectivity index (χ4v) is 3.48. The van der Waals surface area contributed by atoms with Crippen LogP contribution in [-0.4, -0.2) is 40.9 Å². The van der Waals surface area contributed by atoms with Gasteiger partial charge in [0.05, 0.1) is 17.1 Å². The summed E-state index contributed by atoms with van der Waals surface area (Å²) in [6.07, 6.45) is 3.25. The Morgan fingerprint density at radius 3 is 2.67 bits per heavy atom. The van der Waals surface area contributed by atoms with Gasteiger partial charge >= 0.3 is 0 Å². The smallest absolute Gasteiger partial charge is 0.253 e. The van der Waals surface area contributed by atoms with Gasteiger partial charge in [-0.1, -0.05) is 12.1 Å². The van der Waals surface area contributed by atoms with E-state index >= 15 is 0 Å². The Hall–Kier alpha value is -2.90. The van der Waals surface area contributed by atoms with Crippen LogP contribution in [0.2, 0.25) is 0 Å². The van der Waals surface area contributed by atoms with E-state index in [1.54, 1.807) is 48.6 Å². The molecule has 2 atom stereocenters. The molecule has 27 heavy (non-hydrogen) atoms. The highest BCUT2D eigenvalue weighted by atomic mass is 19.1. The van der Waals surface area contributed by atoms with Gasteiger partial charge in [0.1, 0.15) is 5.82 Å². The van der Waals surface area contributed by atoms with Crippen molar-refractivity contribution >= 4 is 16.9 Å². The number of hydrazine groups is 1. The molecule has 1 fully saturated rings. The van der Waals surface area contributed by atoms with E-state index in [2.05, 4.69) is 20.8 Å². The molecule has 138 valence electrons. The summed E-state index contributed by atoms with van der Waals surface area (Å²) in [6, 6.07) is 11.8. The summed E-state index contributed by atoms with van der Waals surface area (Å²) >= 11 is 0. The Kier molecular flexibility index (Phi) is 4.79. The molecule has 0 bridgehead atoms. The molecule has 7 heteroatoms. The lowest BCUT2D eigenvalue weighted by molar-refractivity contribution is 0.0771. The Bertz CT molecular complexity index is 962. The van der Waals surface area contributed by atoms with Crippen molar-refractivity contribution in [1.29, 1.82) is 0 Å². The quantitative estimate of drug-likeness (QED) is 0.743. The van der Waals surface area contributed by atoms with Crippen LogP contribution in [0.4, 0.5) is 4.39 Å². The van der Waals surface area contributed by atoms with Gasteiger partial charge in [0, 0.05) is 44.0 Å². The highest BCUT2D eigenvalue weighted by Crippen LogP contribution is 2.26. The lowest BCUT2D eigenvalue weighted by atomic mass is 9.94. The molecular weight excluding hydrogens is 345 g/mol. The molecule has 0 aliphatic carbocycles. The maximum atomic E-state index is 13.2. The molecule has 2 heterocycles. The number of hydrogen-bond donors (Lipinski definition) is 2. The Balaban J connectivity index is 1.49. The van der Waals surface area contributed by atoms with Crippen LogP contribution in [0.25, 0.3) is 11.0 Å². The first kappa shape index (κ1) is 17.5. The number of benzene rings is 2. The van der Waals surface area contributed by atoms with Gasteiger partial charge in [0.15, 0.2) is 0 Å². The average molecular weight is 365 g/mol. The third kappa shape index (κ3) is 3.65. The minimum absolute atomic E-state index is 0.0170. The van der Waals surface area contributed by atoms with Crippen LogP contribution in [0.5, 0.6) is 0 Å². The molecule has 0 radical (unpaired) electrons. The van der Waals surface area contributed by atoms with E-state index in [-0.39, 0.29) is 23.7 Å². The van der Waals surface area contributed by atoms with E-state index in [1.165, 1.54) is 12.1 Å². The molecule has 1 amide bonds. The number of nitrogens with one attached hydrogen (secondary N) is 2. The van der Waals surface area contributed by atoms with E-state index < -0.39 is 0 Å². The summed E-state index contributed by atoms with van der Waals surface area (Å²) < 4.78 is 13.2. The van der Waals surface area contributed by atoms with E-state index in [0.29, 0.717) is 17.6 Å². The summed E-state index contributed by atoms with van der Waals surface area (Å²) in [5.41, 5.74) is 9.41. The van der Waals surface area contributed by atoms with Gasteiger partial charge in [0.25, 0.3) is 5.91 Å². The number of aromatic nitrogens is 2. The zero-order chi connectivity index (χ0) is 18.8. The van der Waals surface area contributed by atoms with Gasteiger partial charge in [-0.3, -0.25) is 20.2 Å². The highest BCUT2D eigenvalue weighted by molar-refractivity contribution is 5.97. The zero-order valence-electron chi connectivity index (χ0n) is 14.9. The summed E-state index contributed by atoms with van der Waals surface area (Å²) in [6.45, 7) is 1.29. The maximum Gasteiger partial charge on any atom is 0.253 e. The fourth-order valence-electron chi connectivity index (χ4n) is 3.48. The second kappa shape index (κ2) is 7.38. The second-order valence-electron chi connectivity index (χ2n) is 6.76. The van der Waals surface area contributed by atoms with Crippen LogP contribution in [0.1, 0.15) is 22.0 Å². The molecule has 2 unspecified atom stereocenters. The molecular formula is C20H20FN5O. The molecule has 0 spiro atoms. The van der Waals surface area contributed by atoms with Gasteiger partial charge < -0.3 is 4.90 Å². The minimum Gasteiger partial charge on any atom is -0.341 e. The van der Waals surface area contributed by atoms with Crippen LogP contribution in [0, 0.1) is 11.7 Å². The average Bonchev–Trinajstić information content (AvgIpc) is 3.15. The normalized spacial score (nSPS) is 19.3. The van der Waals surface area contributed by atoms with Crippen LogP contribution in [-0.2, 0) is 0 Å². The van der Waals surface area contributed by atoms with Crippen LogP contribution in [0.3, 0.4) is 0 Å². The fraction of sp³-hybridized carbons (Fsp3) is 0.250. The molecule has 2 aromatic carbocycles. The topological polar surface area (TPSA) is 70.2 Å². The van der Waals surface area contributed by atoms with Crippen molar-refractivity contribution in [2.45, 2.75) is 6.04 Å². The molecule has 1 saturated heterocycles. The molecule has 1 aromatic heterocycles. The number of carbonyl (C=O) groups excluding carboxylic acids is 1. The second-order valence-corrected chi connectivity index (χ2v) is 6.76. The molecule has 2 N–H and O–H groups in total. The molecule has 1 aliphatic heterocycles. The summed E-state index contributed by atoms with van der Waals surface area (Å²) in [5, 5.41) is 0. The van der Waals surface area contributed by atoms with E-state index in [4.69, 9.17) is 0 Å². The summed E-state index contributed by atoms with van der Waals surface area (Å²) in [4.78, 5) is 23.1. The lowest BCUT2D eigenvalue weighted by Crippen LogP contribution is -2.34. The third-order valence-electron chi connectivity index (χ3n) is 4.89. The largest absolute Gasteiger partial charge is 0.341 e. The van der Waals surface area contributed by atoms with Crippen LogP contribution < -0.4 is 10.9 Å². The van der Waals surface area contributed by atoms with Crippen molar-refractivity contribution in [3.05, 3.63) is 71.8 Å². The Labute approximate surface area is 156 Å². The molecule has 1 aliphatic rings. The first-order valence-corrected chi connectivity index (χ1v) is 8.82. The Morgan fingerprint density at radius 1 is 1.15 bits per heavy atom. The SMILES string of the molecule is CN(CC1CNNC1c1ccc(F)cc1)C(=O)c1ccc2nccnc2c1. The zero-order valence-corrected chi connectivity index (χ0v) is 14.9. The standard InChI is InChI=1S/C20H20FN5O/c1-26(20(27)14-4-7-17-18(10-14)23-9-8-22-17)12-15-11-24-25-19(15)13-2-5-16(21)6-3-13/h2-10,15,19,24-25H,11-12H2,1H3. The number of rotatable bonds is 4. The number of carbonyl (C=O) groups is 1. The number of amides is 1. The van der Waals surface area contributed by atoms with Crippen molar-refractivity contribution in [3.63, 3.8) is 0 Å². The number of nitrogens with zero attached hydrogens (tertiary/aromatic N) is 3. The molecule has 0 saturated carbocycles. The predicted octanol–water partition coefficient (Wildman–Crippen LogP) is 2.31. The lowest BCUT2D eigenvalue weighted by Gasteiger charge is -2.25. The minimum atomic E-state index is -0.257. The van der Waals surface area contributed by atoms with E-state index in [9.17, 15) is 9.18 Å². The van der Waals surface area contributed by atoms with E-state index in [0.717, 1.165) is 17.6 Å². The summed E-state index contributed by atoms with van der Waals surface area (Å²) in [5.74, 6) is -0.148. The van der Waals surface area contributed by atoms with Crippen molar-refractivity contribution < 1.29 is 9.18 Å². The van der Waals surface area contributed by atoms with Crippen molar-refractivity contribution in [2.75, 3.05) is 20.1 Å². The van der Waals surface area contributed by atoms with Gasteiger partial charge in [-0.15, -0.1) is 0 Å². The first-order chi connectivity index (χ1) is 13.1. The van der Waals surface area contributed by atoms with Gasteiger partial charge in [-0.2, -0.15) is 0 Å². The Morgan fingerprint density at radius 2 is 1.89 bits per heavy atom. The summed E-state index contributed by atoms with van der Waals surface area (Å²) in [7, 11) is 1.79. The van der Waals surface area contributed by atoms with Crippen molar-refractivity contribution in [2.24, 2.45) is 5.92 Å². The van der Waals surface area contributed by atoms with Crippen LogP contribution in [0.15, 0.2) is 54.9 Å². The van der Waals surface area contributed by atoms with Crippen molar-refractivity contribution in [1.82, 2.24) is 25.7 Å². The third-order valence-corrected chi connectivity index (χ3v) is 4.89. The monoisotopic (exact) mass is 365 g/mol. The number of fused-ring (bicyclic) bond motifs is 1. The maximum absolute atomic E-state index is 13.2. The number of hydrogen-bond acceptors (Lipinski definition) is 5. The predicted molar refractivity (Wildman–Crippen MR) is 100 cm³/mol. The molecule has 6 nitrogen and oxygen atoms in total. The van der Waals surface area contributed by atoms with E-state index in [1.807, 2.05) is 6.07 Å². The van der Waals surface area contributed by atoms with Gasteiger partial charge in [-0.05, 0) is 35.9 Å².